The van der Waals surface area contributed by atoms with Crippen LogP contribution < -0.4 is 15.4 Å². The standard InChI is InChI=1S/C26H34N6O4S.2C2HF3O2/c1-18(25(33)28-17-22-14-21-16-27-10-8-23(21)31-22)30-26(34)24-15-20(19-6-4-3-5-7-19)9-12-32(24)13-11-29-37(2,35)36;2*3-2(4,5)1(6)7/h3-8,10,14,16,18,20,24,29,31H,9,11-13,15,17H2,1-2H3,(H,28,33)(H,30,34);2*(H,6,7)/t18?,20-,24+;;/m0../s1. The van der Waals surface area contributed by atoms with Gasteiger partial charge >= 0.3 is 24.3 Å². The Kier molecular flexibility index (Phi) is 15.4. The first kappa shape index (κ1) is 42.4. The first-order chi connectivity index (χ1) is 23.6. The number of H-pyrrole nitrogens is 1. The molecule has 21 heteroatoms. The number of carboxylic acids is 2. The molecule has 1 saturated heterocycles. The zero-order valence-electron chi connectivity index (χ0n) is 27.1. The van der Waals surface area contributed by atoms with Gasteiger partial charge in [-0.25, -0.2) is 22.7 Å². The molecule has 1 aliphatic rings. The number of carbonyl (C=O) groups excluding carboxylic acids is 2. The lowest BCUT2D eigenvalue weighted by Crippen LogP contribution is -2.56. The molecular weight excluding hydrogens is 718 g/mol. The number of aromatic amines is 1. The van der Waals surface area contributed by atoms with Crippen molar-refractivity contribution in [2.45, 2.75) is 56.7 Å². The van der Waals surface area contributed by atoms with Gasteiger partial charge in [-0.2, -0.15) is 26.3 Å². The van der Waals surface area contributed by atoms with E-state index in [2.05, 4.69) is 37.5 Å². The van der Waals surface area contributed by atoms with Gasteiger partial charge in [-0.05, 0) is 49.9 Å². The molecule has 2 aromatic heterocycles. The van der Waals surface area contributed by atoms with Crippen molar-refractivity contribution in [3.8, 4) is 0 Å². The minimum absolute atomic E-state index is 0.205. The van der Waals surface area contributed by atoms with Crippen LogP contribution in [-0.4, -0.2) is 108 Å². The molecule has 3 heterocycles. The number of nitrogens with zero attached hydrogens (tertiary/aromatic N) is 2. The van der Waals surface area contributed by atoms with Crippen LogP contribution in [0.1, 0.15) is 36.9 Å². The van der Waals surface area contributed by atoms with Crippen molar-refractivity contribution in [1.82, 2.24) is 30.2 Å². The molecule has 1 fully saturated rings. The monoisotopic (exact) mass is 754 g/mol. The van der Waals surface area contributed by atoms with E-state index in [0.29, 0.717) is 26.1 Å². The van der Waals surface area contributed by atoms with E-state index in [1.165, 1.54) is 5.56 Å². The van der Waals surface area contributed by atoms with Crippen LogP contribution in [0.4, 0.5) is 26.3 Å². The van der Waals surface area contributed by atoms with Gasteiger partial charge in [0, 0.05) is 42.1 Å². The third kappa shape index (κ3) is 14.9. The molecule has 1 unspecified atom stereocenters. The second kappa shape index (κ2) is 18.5. The number of likely N-dealkylation sites (tertiary alicyclic amines) is 1. The van der Waals surface area contributed by atoms with E-state index in [0.717, 1.165) is 29.3 Å². The van der Waals surface area contributed by atoms with E-state index < -0.39 is 46.4 Å². The van der Waals surface area contributed by atoms with Gasteiger partial charge in [-0.1, -0.05) is 30.3 Å². The number of alkyl halides is 6. The predicted octanol–water partition coefficient (Wildman–Crippen LogP) is 2.75. The number of benzene rings is 1. The molecule has 3 atom stereocenters. The zero-order valence-corrected chi connectivity index (χ0v) is 27.9. The number of halogens is 6. The summed E-state index contributed by atoms with van der Waals surface area (Å²) in [6.45, 7) is 3.24. The highest BCUT2D eigenvalue weighted by Gasteiger charge is 2.39. The summed E-state index contributed by atoms with van der Waals surface area (Å²) in [6, 6.07) is 12.7. The average Bonchev–Trinajstić information content (AvgIpc) is 3.46. The molecule has 0 bridgehead atoms. The van der Waals surface area contributed by atoms with Gasteiger partial charge in [0.15, 0.2) is 0 Å². The number of sulfonamides is 1. The number of aromatic nitrogens is 2. The van der Waals surface area contributed by atoms with Crippen LogP contribution in [0.3, 0.4) is 0 Å². The molecule has 51 heavy (non-hydrogen) atoms. The van der Waals surface area contributed by atoms with Gasteiger partial charge in [-0.15, -0.1) is 0 Å². The molecule has 3 aromatic rings. The van der Waals surface area contributed by atoms with Crippen LogP contribution in [0, 0.1) is 0 Å². The molecule has 0 radical (unpaired) electrons. The van der Waals surface area contributed by atoms with Crippen LogP contribution in [-0.2, 0) is 35.7 Å². The second-order valence-electron chi connectivity index (χ2n) is 11.2. The first-order valence-corrected chi connectivity index (χ1v) is 16.8. The minimum Gasteiger partial charge on any atom is -0.475 e. The van der Waals surface area contributed by atoms with Crippen LogP contribution in [0.25, 0.3) is 10.9 Å². The van der Waals surface area contributed by atoms with Crippen LogP contribution in [0.5, 0.6) is 0 Å². The number of carbonyl (C=O) groups is 4. The molecule has 0 spiro atoms. The number of hydrogen-bond donors (Lipinski definition) is 6. The molecule has 282 valence electrons. The van der Waals surface area contributed by atoms with Crippen molar-refractivity contribution < 1.29 is 64.2 Å². The van der Waals surface area contributed by atoms with E-state index in [4.69, 9.17) is 19.8 Å². The Bertz CT molecular complexity index is 1680. The highest BCUT2D eigenvalue weighted by Crippen LogP contribution is 2.31. The number of nitrogens with one attached hydrogen (secondary N) is 4. The summed E-state index contributed by atoms with van der Waals surface area (Å²) < 4.78 is 89.0. The Morgan fingerprint density at radius 3 is 2.14 bits per heavy atom. The normalized spacial score (nSPS) is 17.2. The van der Waals surface area contributed by atoms with Gasteiger partial charge in [0.05, 0.1) is 18.8 Å². The van der Waals surface area contributed by atoms with Crippen molar-refractivity contribution in [2.24, 2.45) is 0 Å². The van der Waals surface area contributed by atoms with Crippen molar-refractivity contribution in [3.05, 3.63) is 66.1 Å². The summed E-state index contributed by atoms with van der Waals surface area (Å²) in [4.78, 5) is 53.2. The SMILES string of the molecule is CC(NC(=O)[C@H]1C[C@@H](c2ccccc2)CCN1CCNS(C)(=O)=O)C(=O)NCc1cc2cnccc2[nH]1.O=C(O)C(F)(F)F.O=C(O)C(F)(F)F. The van der Waals surface area contributed by atoms with E-state index in [9.17, 15) is 44.3 Å². The van der Waals surface area contributed by atoms with Crippen LogP contribution in [0.15, 0.2) is 54.9 Å². The van der Waals surface area contributed by atoms with Gasteiger partial charge < -0.3 is 25.8 Å². The van der Waals surface area contributed by atoms with E-state index in [1.807, 2.05) is 35.2 Å². The molecule has 6 N–H and O–H groups in total. The predicted molar refractivity (Wildman–Crippen MR) is 170 cm³/mol. The maximum absolute atomic E-state index is 13.4. The lowest BCUT2D eigenvalue weighted by Gasteiger charge is -2.39. The van der Waals surface area contributed by atoms with Crippen molar-refractivity contribution in [3.63, 3.8) is 0 Å². The summed E-state index contributed by atoms with van der Waals surface area (Å²) in [7, 11) is -3.32. The Hall–Kier alpha value is -4.76. The van der Waals surface area contributed by atoms with E-state index >= 15 is 0 Å². The van der Waals surface area contributed by atoms with Crippen LogP contribution >= 0.6 is 0 Å². The third-order valence-corrected chi connectivity index (χ3v) is 7.95. The molecule has 0 saturated carbocycles. The highest BCUT2D eigenvalue weighted by molar-refractivity contribution is 7.88. The van der Waals surface area contributed by atoms with Gasteiger partial charge in [-0.3, -0.25) is 19.5 Å². The Balaban J connectivity index is 0.000000543. The number of hydrogen-bond acceptors (Lipinski definition) is 8. The number of carboxylic acid groups (broad SMARTS) is 2. The number of rotatable bonds is 10. The quantitative estimate of drug-likeness (QED) is 0.167. The Morgan fingerprint density at radius 2 is 1.61 bits per heavy atom. The largest absolute Gasteiger partial charge is 0.490 e. The number of fused-ring (bicyclic) bond motifs is 1. The van der Waals surface area contributed by atoms with Gasteiger partial charge in [0.25, 0.3) is 0 Å². The fourth-order valence-corrected chi connectivity index (χ4v) is 5.26. The maximum atomic E-state index is 13.4. The molecule has 1 aliphatic heterocycles. The topological polar surface area (TPSA) is 211 Å². The van der Waals surface area contributed by atoms with E-state index in [-0.39, 0.29) is 24.3 Å². The lowest BCUT2D eigenvalue weighted by molar-refractivity contribution is -0.193. The number of pyridine rings is 1. The Morgan fingerprint density at radius 1 is 1.02 bits per heavy atom. The summed E-state index contributed by atoms with van der Waals surface area (Å²) in [5.74, 6) is -5.83. The third-order valence-electron chi connectivity index (χ3n) is 7.22. The zero-order chi connectivity index (χ0) is 38.6. The van der Waals surface area contributed by atoms with Gasteiger partial charge in [0.2, 0.25) is 21.8 Å². The molecule has 2 amide bonds. The maximum Gasteiger partial charge on any atom is 0.490 e. The number of amides is 2. The summed E-state index contributed by atoms with van der Waals surface area (Å²) in [6.07, 6.45) is -4.14. The fraction of sp³-hybridized carbons (Fsp3) is 0.433. The summed E-state index contributed by atoms with van der Waals surface area (Å²) >= 11 is 0. The number of piperidine rings is 1. The second-order valence-corrected chi connectivity index (χ2v) is 13.0. The number of aliphatic carboxylic acids is 2. The lowest BCUT2D eigenvalue weighted by atomic mass is 9.85. The van der Waals surface area contributed by atoms with Gasteiger partial charge in [0.1, 0.15) is 6.04 Å². The van der Waals surface area contributed by atoms with Crippen molar-refractivity contribution in [1.29, 1.82) is 0 Å². The molecule has 0 aliphatic carbocycles. The smallest absolute Gasteiger partial charge is 0.475 e. The highest BCUT2D eigenvalue weighted by atomic mass is 32.2. The van der Waals surface area contributed by atoms with Crippen LogP contribution in [0.2, 0.25) is 0 Å². The Labute approximate surface area is 287 Å². The summed E-state index contributed by atoms with van der Waals surface area (Å²) in [5, 5.41) is 21.0. The van der Waals surface area contributed by atoms with Crippen molar-refractivity contribution in [2.75, 3.05) is 25.9 Å². The average molecular weight is 755 g/mol. The molecule has 14 nitrogen and oxygen atoms in total. The minimum atomic E-state index is -5.08. The molecule has 4 rings (SSSR count). The molecule has 1 aromatic carbocycles. The van der Waals surface area contributed by atoms with Crippen molar-refractivity contribution >= 4 is 44.7 Å². The summed E-state index contributed by atoms with van der Waals surface area (Å²) in [5.41, 5.74) is 2.96. The van der Waals surface area contributed by atoms with E-state index in [1.54, 1.807) is 19.3 Å². The first-order valence-electron chi connectivity index (χ1n) is 14.9. The molecular formula is C30H36F6N6O8S. The fourth-order valence-electron chi connectivity index (χ4n) is 4.80.